The van der Waals surface area contributed by atoms with E-state index in [-0.39, 0.29) is 22.7 Å². The summed E-state index contributed by atoms with van der Waals surface area (Å²) in [6.45, 7) is 5.15. The van der Waals surface area contributed by atoms with Crippen molar-refractivity contribution in [2.45, 2.75) is 37.8 Å². The second-order valence-corrected chi connectivity index (χ2v) is 7.88. The van der Waals surface area contributed by atoms with E-state index in [1.165, 1.54) is 36.4 Å². The Morgan fingerprint density at radius 2 is 1.46 bits per heavy atom. The third kappa shape index (κ3) is 5.53. The molecule has 0 saturated carbocycles. The van der Waals surface area contributed by atoms with Gasteiger partial charge >= 0.3 is 0 Å². The second kappa shape index (κ2) is 8.29. The van der Waals surface area contributed by atoms with Gasteiger partial charge in [-0.1, -0.05) is 0 Å². The van der Waals surface area contributed by atoms with Gasteiger partial charge in [-0.05, 0) is 69.3 Å². The van der Waals surface area contributed by atoms with E-state index in [1.807, 2.05) is 0 Å². The van der Waals surface area contributed by atoms with E-state index < -0.39 is 16.1 Å². The molecule has 1 atom stereocenters. The van der Waals surface area contributed by atoms with Crippen LogP contribution in [0, 0.1) is 5.82 Å². The Morgan fingerprint density at radius 1 is 0.923 bits per heavy atom. The molecule has 0 heterocycles. The zero-order valence-corrected chi connectivity index (χ0v) is 15.6. The van der Waals surface area contributed by atoms with Gasteiger partial charge in [0.25, 0.3) is 0 Å². The molecule has 2 rings (SSSR count). The molecule has 0 saturated heterocycles. The quantitative estimate of drug-likeness (QED) is 0.690. The standard InChI is InChI=1S/C18H22FN3O3S/c1-12(2)22-26(24,25)17-10-8-16(9-11-17)21-18(23)13(3)20-15-6-4-14(19)5-7-15/h4-13,20,22H,1-3H3,(H,21,23)/t13-/m0/s1. The lowest BCUT2D eigenvalue weighted by Gasteiger charge is -2.15. The predicted octanol–water partition coefficient (Wildman–Crippen LogP) is 2.95. The van der Waals surface area contributed by atoms with E-state index in [9.17, 15) is 17.6 Å². The van der Waals surface area contributed by atoms with Crippen LogP contribution >= 0.6 is 0 Å². The molecule has 8 heteroatoms. The molecule has 2 aromatic rings. The highest BCUT2D eigenvalue weighted by atomic mass is 32.2. The number of halogens is 1. The maximum Gasteiger partial charge on any atom is 0.246 e. The molecule has 0 bridgehead atoms. The summed E-state index contributed by atoms with van der Waals surface area (Å²) in [5.41, 5.74) is 1.10. The highest BCUT2D eigenvalue weighted by Crippen LogP contribution is 2.15. The molecule has 2 aromatic carbocycles. The van der Waals surface area contributed by atoms with Crippen LogP contribution < -0.4 is 15.4 Å². The molecule has 0 aliphatic heterocycles. The molecule has 0 fully saturated rings. The second-order valence-electron chi connectivity index (χ2n) is 6.16. The first-order valence-electron chi connectivity index (χ1n) is 8.13. The van der Waals surface area contributed by atoms with Crippen LogP contribution in [-0.4, -0.2) is 26.4 Å². The van der Waals surface area contributed by atoms with Crippen molar-refractivity contribution in [2.24, 2.45) is 0 Å². The van der Waals surface area contributed by atoms with Crippen molar-refractivity contribution in [2.75, 3.05) is 10.6 Å². The number of benzene rings is 2. The third-order valence-corrected chi connectivity index (χ3v) is 5.12. The molecule has 0 radical (unpaired) electrons. The number of nitrogens with one attached hydrogen (secondary N) is 3. The fourth-order valence-electron chi connectivity index (χ4n) is 2.21. The zero-order valence-electron chi connectivity index (χ0n) is 14.8. The van der Waals surface area contributed by atoms with Crippen LogP contribution in [0.5, 0.6) is 0 Å². The predicted molar refractivity (Wildman–Crippen MR) is 100 cm³/mol. The van der Waals surface area contributed by atoms with Crippen molar-refractivity contribution >= 4 is 27.3 Å². The molecule has 26 heavy (non-hydrogen) atoms. The molecule has 0 unspecified atom stereocenters. The summed E-state index contributed by atoms with van der Waals surface area (Å²) in [6.07, 6.45) is 0. The van der Waals surface area contributed by atoms with Gasteiger partial charge in [0.1, 0.15) is 11.9 Å². The lowest BCUT2D eigenvalue weighted by Crippen LogP contribution is -2.32. The van der Waals surface area contributed by atoms with Crippen molar-refractivity contribution in [3.8, 4) is 0 Å². The smallest absolute Gasteiger partial charge is 0.246 e. The van der Waals surface area contributed by atoms with Gasteiger partial charge in [0.15, 0.2) is 0 Å². The summed E-state index contributed by atoms with van der Waals surface area (Å²) in [7, 11) is -3.57. The lowest BCUT2D eigenvalue weighted by molar-refractivity contribution is -0.116. The van der Waals surface area contributed by atoms with E-state index in [0.29, 0.717) is 11.4 Å². The minimum absolute atomic E-state index is 0.127. The van der Waals surface area contributed by atoms with Crippen LogP contribution in [0.1, 0.15) is 20.8 Å². The highest BCUT2D eigenvalue weighted by Gasteiger charge is 2.16. The van der Waals surface area contributed by atoms with Crippen molar-refractivity contribution in [1.29, 1.82) is 0 Å². The van der Waals surface area contributed by atoms with Gasteiger partial charge in [0.05, 0.1) is 4.90 Å². The Balaban J connectivity index is 1.99. The molecule has 0 aliphatic rings. The van der Waals surface area contributed by atoms with Gasteiger partial charge in [-0.25, -0.2) is 17.5 Å². The highest BCUT2D eigenvalue weighted by molar-refractivity contribution is 7.89. The van der Waals surface area contributed by atoms with E-state index in [0.717, 1.165) is 0 Å². The van der Waals surface area contributed by atoms with Crippen molar-refractivity contribution in [3.63, 3.8) is 0 Å². The summed E-state index contributed by atoms with van der Waals surface area (Å²) in [4.78, 5) is 12.4. The molecule has 3 N–H and O–H groups in total. The summed E-state index contributed by atoms with van der Waals surface area (Å²) in [5.74, 6) is -0.653. The first-order valence-corrected chi connectivity index (χ1v) is 9.61. The van der Waals surface area contributed by atoms with E-state index in [4.69, 9.17) is 0 Å². The van der Waals surface area contributed by atoms with Crippen molar-refractivity contribution < 1.29 is 17.6 Å². The summed E-state index contributed by atoms with van der Waals surface area (Å²) >= 11 is 0. The molecule has 0 aliphatic carbocycles. The number of rotatable bonds is 7. The third-order valence-electron chi connectivity index (χ3n) is 3.44. The van der Waals surface area contributed by atoms with Gasteiger partial charge in [0.2, 0.25) is 15.9 Å². The number of sulfonamides is 1. The Kier molecular flexibility index (Phi) is 6.33. The Morgan fingerprint density at radius 3 is 2.00 bits per heavy atom. The number of carbonyl (C=O) groups excluding carboxylic acids is 1. The molecule has 0 aromatic heterocycles. The van der Waals surface area contributed by atoms with Crippen LogP contribution in [0.4, 0.5) is 15.8 Å². The number of hydrogen-bond acceptors (Lipinski definition) is 4. The van der Waals surface area contributed by atoms with E-state index >= 15 is 0 Å². The van der Waals surface area contributed by atoms with Crippen LogP contribution in [0.3, 0.4) is 0 Å². The minimum Gasteiger partial charge on any atom is -0.374 e. The molecule has 140 valence electrons. The van der Waals surface area contributed by atoms with Gasteiger partial charge in [-0.2, -0.15) is 0 Å². The molecule has 0 spiro atoms. The fraction of sp³-hybridized carbons (Fsp3) is 0.278. The van der Waals surface area contributed by atoms with E-state index in [2.05, 4.69) is 15.4 Å². The van der Waals surface area contributed by atoms with E-state index in [1.54, 1.807) is 32.9 Å². The number of anilines is 2. The number of carbonyl (C=O) groups is 1. The van der Waals surface area contributed by atoms with Crippen molar-refractivity contribution in [1.82, 2.24) is 4.72 Å². The Bertz CT molecular complexity index is 850. The van der Waals surface area contributed by atoms with Crippen LogP contribution in [0.2, 0.25) is 0 Å². The van der Waals surface area contributed by atoms with Crippen molar-refractivity contribution in [3.05, 3.63) is 54.3 Å². The number of amides is 1. The lowest BCUT2D eigenvalue weighted by atomic mass is 10.2. The van der Waals surface area contributed by atoms with Gasteiger partial charge < -0.3 is 10.6 Å². The first-order chi connectivity index (χ1) is 12.2. The minimum atomic E-state index is -3.57. The molecular weight excluding hydrogens is 357 g/mol. The average Bonchev–Trinajstić information content (AvgIpc) is 2.56. The zero-order chi connectivity index (χ0) is 19.3. The normalized spacial score (nSPS) is 12.7. The summed E-state index contributed by atoms with van der Waals surface area (Å²) in [6, 6.07) is 10.8. The maximum atomic E-state index is 12.9. The summed E-state index contributed by atoms with van der Waals surface area (Å²) < 4.78 is 39.5. The van der Waals surface area contributed by atoms with Gasteiger partial charge in [-0.3, -0.25) is 4.79 Å². The maximum absolute atomic E-state index is 12.9. The van der Waals surface area contributed by atoms with Gasteiger partial charge in [0, 0.05) is 17.4 Å². The molecular formula is C18H22FN3O3S. The Labute approximate surface area is 152 Å². The SMILES string of the molecule is CC(C)NS(=O)(=O)c1ccc(NC(=O)[C@H](C)Nc2ccc(F)cc2)cc1. The molecule has 6 nitrogen and oxygen atoms in total. The number of hydrogen-bond donors (Lipinski definition) is 3. The average molecular weight is 379 g/mol. The fourth-order valence-corrected chi connectivity index (χ4v) is 3.46. The monoisotopic (exact) mass is 379 g/mol. The summed E-state index contributed by atoms with van der Waals surface area (Å²) in [5, 5.41) is 5.66. The largest absolute Gasteiger partial charge is 0.374 e. The Hall–Kier alpha value is -2.45. The van der Waals surface area contributed by atoms with Crippen LogP contribution in [-0.2, 0) is 14.8 Å². The topological polar surface area (TPSA) is 87.3 Å². The van der Waals surface area contributed by atoms with Crippen LogP contribution in [0.15, 0.2) is 53.4 Å². The molecule has 1 amide bonds. The van der Waals surface area contributed by atoms with Crippen LogP contribution in [0.25, 0.3) is 0 Å². The van der Waals surface area contributed by atoms with Gasteiger partial charge in [-0.15, -0.1) is 0 Å². The first kappa shape index (κ1) is 19.9.